The summed E-state index contributed by atoms with van der Waals surface area (Å²) in [6, 6.07) is 10.3. The van der Waals surface area contributed by atoms with E-state index >= 15 is 0 Å². The van der Waals surface area contributed by atoms with E-state index in [4.69, 9.17) is 4.74 Å². The molecule has 0 unspecified atom stereocenters. The molecule has 0 fully saturated rings. The average Bonchev–Trinajstić information content (AvgIpc) is 2.71. The Bertz CT molecular complexity index is 1010. The Morgan fingerprint density at radius 1 is 1.10 bits per heavy atom. The van der Waals surface area contributed by atoms with Crippen molar-refractivity contribution in [2.45, 2.75) is 12.8 Å². The van der Waals surface area contributed by atoms with Crippen LogP contribution in [-0.4, -0.2) is 42.5 Å². The molecule has 0 aliphatic carbocycles. The Kier molecular flexibility index (Phi) is 6.68. The van der Waals surface area contributed by atoms with Crippen LogP contribution in [0.15, 0.2) is 48.8 Å². The van der Waals surface area contributed by atoms with Gasteiger partial charge in [-0.1, -0.05) is 0 Å². The number of nitrogens with zero attached hydrogens (tertiary/aromatic N) is 2. The number of benzene rings is 2. The molecule has 1 aromatic heterocycles. The molecule has 0 aliphatic heterocycles. The molecule has 0 saturated carbocycles. The molecule has 30 heavy (non-hydrogen) atoms. The summed E-state index contributed by atoms with van der Waals surface area (Å²) in [5, 5.41) is 6.49. The van der Waals surface area contributed by atoms with Crippen molar-refractivity contribution in [3.8, 4) is 5.75 Å². The number of anilines is 2. The van der Waals surface area contributed by atoms with Gasteiger partial charge in [-0.3, -0.25) is 4.79 Å². The molecule has 3 aromatic rings. The highest BCUT2D eigenvalue weighted by Gasteiger charge is 2.30. The fourth-order valence-electron chi connectivity index (χ4n) is 2.70. The first-order valence-electron chi connectivity index (χ1n) is 9.00. The van der Waals surface area contributed by atoms with Crippen LogP contribution >= 0.6 is 0 Å². The van der Waals surface area contributed by atoms with E-state index in [9.17, 15) is 18.0 Å². The van der Waals surface area contributed by atoms with Crippen molar-refractivity contribution in [1.82, 2.24) is 15.3 Å². The van der Waals surface area contributed by atoms with Crippen molar-refractivity contribution < 1.29 is 27.4 Å². The molecule has 0 saturated heterocycles. The average molecular weight is 420 g/mol. The predicted octanol–water partition coefficient (Wildman–Crippen LogP) is 4.04. The third kappa shape index (κ3) is 5.80. The zero-order valence-corrected chi connectivity index (χ0v) is 16.0. The number of rotatable bonds is 8. The van der Waals surface area contributed by atoms with Gasteiger partial charge in [0.15, 0.2) is 0 Å². The van der Waals surface area contributed by atoms with Gasteiger partial charge >= 0.3 is 6.36 Å². The molecule has 0 aliphatic rings. The minimum Gasteiger partial charge on any atom is -0.406 e. The fourth-order valence-corrected chi connectivity index (χ4v) is 2.70. The lowest BCUT2D eigenvalue weighted by molar-refractivity contribution is -0.274. The van der Waals surface area contributed by atoms with Gasteiger partial charge in [0, 0.05) is 36.9 Å². The van der Waals surface area contributed by atoms with Crippen LogP contribution in [0.2, 0.25) is 0 Å². The van der Waals surface area contributed by atoms with E-state index in [-0.39, 0.29) is 11.7 Å². The molecule has 3 rings (SSSR count). The summed E-state index contributed by atoms with van der Waals surface area (Å²) in [4.78, 5) is 20.6. The Hall–Kier alpha value is -3.40. The molecule has 0 atom stereocenters. The summed E-state index contributed by atoms with van der Waals surface area (Å²) >= 11 is 0. The number of ether oxygens (including phenoxy) is 2. The normalized spacial score (nSPS) is 11.3. The summed E-state index contributed by atoms with van der Waals surface area (Å²) in [6.45, 7) is 1.05. The number of carbonyl (C=O) groups excluding carboxylic acids is 1. The van der Waals surface area contributed by atoms with Crippen molar-refractivity contribution in [1.29, 1.82) is 0 Å². The monoisotopic (exact) mass is 420 g/mol. The molecular weight excluding hydrogens is 401 g/mol. The van der Waals surface area contributed by atoms with Gasteiger partial charge in [-0.25, -0.2) is 9.97 Å². The highest BCUT2D eigenvalue weighted by Crippen LogP contribution is 2.27. The van der Waals surface area contributed by atoms with Gasteiger partial charge in [-0.05, 0) is 48.9 Å². The van der Waals surface area contributed by atoms with Gasteiger partial charge in [0.25, 0.3) is 5.91 Å². The molecule has 2 N–H and O–H groups in total. The maximum absolute atomic E-state index is 12.3. The first-order valence-corrected chi connectivity index (χ1v) is 9.00. The lowest BCUT2D eigenvalue weighted by Gasteiger charge is -2.11. The van der Waals surface area contributed by atoms with E-state index in [0.717, 1.165) is 0 Å². The van der Waals surface area contributed by atoms with Gasteiger partial charge in [0.05, 0.1) is 5.52 Å². The first-order chi connectivity index (χ1) is 14.4. The number of halogens is 3. The highest BCUT2D eigenvalue weighted by molar-refractivity contribution is 6.00. The second kappa shape index (κ2) is 9.40. The summed E-state index contributed by atoms with van der Waals surface area (Å²) in [5.74, 6) is -0.0836. The molecule has 1 heterocycles. The second-order valence-corrected chi connectivity index (χ2v) is 6.25. The van der Waals surface area contributed by atoms with Gasteiger partial charge in [0.1, 0.15) is 17.9 Å². The van der Waals surface area contributed by atoms with E-state index in [1.54, 1.807) is 25.3 Å². The minimum absolute atomic E-state index is 0.221. The van der Waals surface area contributed by atoms with Gasteiger partial charge in [-0.15, -0.1) is 13.2 Å². The first kappa shape index (κ1) is 21.3. The highest BCUT2D eigenvalue weighted by atomic mass is 19.4. The van der Waals surface area contributed by atoms with Crippen LogP contribution in [-0.2, 0) is 4.74 Å². The molecular formula is C20H19F3N4O3. The molecule has 10 heteroatoms. The van der Waals surface area contributed by atoms with Crippen LogP contribution in [0, 0.1) is 0 Å². The standard InChI is InChI=1S/C20H19F3N4O3/c1-29-10-2-9-24-19(28)13-3-8-16-17(11-13)25-12-26-18(16)27-14-4-6-15(7-5-14)30-20(21,22)23/h3-8,11-12H,2,9-10H2,1H3,(H,24,28)(H,25,26,27). The van der Waals surface area contributed by atoms with E-state index < -0.39 is 6.36 Å². The zero-order chi connectivity index (χ0) is 21.6. The second-order valence-electron chi connectivity index (χ2n) is 6.25. The quantitative estimate of drug-likeness (QED) is 0.535. The number of methoxy groups -OCH3 is 1. The number of carbonyl (C=O) groups is 1. The van der Waals surface area contributed by atoms with Gasteiger partial charge in [0.2, 0.25) is 0 Å². The topological polar surface area (TPSA) is 85.4 Å². The van der Waals surface area contributed by atoms with Crippen molar-refractivity contribution in [3.05, 3.63) is 54.4 Å². The third-order valence-electron chi connectivity index (χ3n) is 4.06. The number of hydrogen-bond acceptors (Lipinski definition) is 6. The molecule has 0 bridgehead atoms. The molecule has 2 aromatic carbocycles. The van der Waals surface area contributed by atoms with Crippen LogP contribution in [0.5, 0.6) is 5.75 Å². The number of aromatic nitrogens is 2. The fraction of sp³-hybridized carbons (Fsp3) is 0.250. The lowest BCUT2D eigenvalue weighted by atomic mass is 10.1. The van der Waals surface area contributed by atoms with Gasteiger partial charge in [-0.2, -0.15) is 0 Å². The molecule has 7 nitrogen and oxygen atoms in total. The predicted molar refractivity (Wildman–Crippen MR) is 105 cm³/mol. The number of amides is 1. The largest absolute Gasteiger partial charge is 0.573 e. The van der Waals surface area contributed by atoms with Crippen LogP contribution in [0.4, 0.5) is 24.7 Å². The molecule has 1 amide bonds. The summed E-state index contributed by atoms with van der Waals surface area (Å²) < 4.78 is 45.6. The summed E-state index contributed by atoms with van der Waals surface area (Å²) in [5.41, 5.74) is 1.52. The van der Waals surface area contributed by atoms with Gasteiger partial charge < -0.3 is 20.1 Å². The van der Waals surface area contributed by atoms with Crippen molar-refractivity contribution in [2.24, 2.45) is 0 Å². The minimum atomic E-state index is -4.74. The maximum atomic E-state index is 12.3. The smallest absolute Gasteiger partial charge is 0.406 e. The van der Waals surface area contributed by atoms with Crippen LogP contribution in [0.3, 0.4) is 0 Å². The lowest BCUT2D eigenvalue weighted by Crippen LogP contribution is -2.25. The number of nitrogens with one attached hydrogen (secondary N) is 2. The van der Waals surface area contributed by atoms with Crippen molar-refractivity contribution in [2.75, 3.05) is 25.6 Å². The van der Waals surface area contributed by atoms with E-state index in [1.807, 2.05) is 0 Å². The number of hydrogen-bond donors (Lipinski definition) is 2. The Morgan fingerprint density at radius 3 is 2.57 bits per heavy atom. The van der Waals surface area contributed by atoms with Crippen LogP contribution in [0.25, 0.3) is 10.9 Å². The van der Waals surface area contributed by atoms with Crippen molar-refractivity contribution >= 4 is 28.3 Å². The van der Waals surface area contributed by atoms with E-state index in [2.05, 4.69) is 25.3 Å². The Morgan fingerprint density at radius 2 is 1.87 bits per heavy atom. The van der Waals surface area contributed by atoms with Crippen LogP contribution in [0.1, 0.15) is 16.8 Å². The SMILES string of the molecule is COCCCNC(=O)c1ccc2c(Nc3ccc(OC(F)(F)F)cc3)ncnc2c1. The third-order valence-corrected chi connectivity index (χ3v) is 4.06. The zero-order valence-electron chi connectivity index (χ0n) is 16.0. The van der Waals surface area contributed by atoms with E-state index in [0.29, 0.717) is 47.5 Å². The van der Waals surface area contributed by atoms with E-state index in [1.165, 1.54) is 30.6 Å². The van der Waals surface area contributed by atoms with Crippen LogP contribution < -0.4 is 15.4 Å². The molecule has 0 radical (unpaired) electrons. The maximum Gasteiger partial charge on any atom is 0.573 e. The molecule has 0 spiro atoms. The Labute approximate surface area is 170 Å². The summed E-state index contributed by atoms with van der Waals surface area (Å²) in [7, 11) is 1.60. The summed E-state index contributed by atoms with van der Waals surface area (Å²) in [6.07, 6.45) is -2.70. The Balaban J connectivity index is 1.73. The number of alkyl halides is 3. The van der Waals surface area contributed by atoms with Crippen molar-refractivity contribution in [3.63, 3.8) is 0 Å². The molecule has 158 valence electrons. The number of fused-ring (bicyclic) bond motifs is 1.